The standard InChI is InChI=1S/C16H16ClNOS/c1-12(17)15(20-14-10-6-3-7-11-14)16(19)18-13-8-4-2-5-9-13/h2-12,15H,1H3,(H,18,19)/t12-,15-/m0/s1. The Balaban J connectivity index is 2.07. The number of anilines is 1. The molecule has 1 amide bonds. The van der Waals surface area contributed by atoms with Crippen molar-refractivity contribution in [1.29, 1.82) is 0 Å². The molecule has 0 saturated carbocycles. The summed E-state index contributed by atoms with van der Waals surface area (Å²) in [6.45, 7) is 1.84. The third-order valence-electron chi connectivity index (χ3n) is 2.72. The number of thioether (sulfide) groups is 1. The number of nitrogens with one attached hydrogen (secondary N) is 1. The van der Waals surface area contributed by atoms with E-state index in [2.05, 4.69) is 5.32 Å². The summed E-state index contributed by atoms with van der Waals surface area (Å²) < 4.78 is 0. The van der Waals surface area contributed by atoms with Gasteiger partial charge >= 0.3 is 0 Å². The van der Waals surface area contributed by atoms with Crippen molar-refractivity contribution in [3.63, 3.8) is 0 Å². The SMILES string of the molecule is C[C@H](Cl)[C@H](Sc1ccccc1)C(=O)Nc1ccccc1. The van der Waals surface area contributed by atoms with Gasteiger partial charge in [0, 0.05) is 10.6 Å². The van der Waals surface area contributed by atoms with Gasteiger partial charge in [0.15, 0.2) is 0 Å². The van der Waals surface area contributed by atoms with E-state index in [0.29, 0.717) is 0 Å². The highest BCUT2D eigenvalue weighted by Crippen LogP contribution is 2.28. The fourth-order valence-corrected chi connectivity index (χ4v) is 2.97. The summed E-state index contributed by atoms with van der Waals surface area (Å²) in [7, 11) is 0. The van der Waals surface area contributed by atoms with Gasteiger partial charge < -0.3 is 5.32 Å². The Morgan fingerprint density at radius 1 is 1.05 bits per heavy atom. The Labute approximate surface area is 128 Å². The normalized spacial score (nSPS) is 13.5. The molecule has 104 valence electrons. The Morgan fingerprint density at radius 2 is 1.60 bits per heavy atom. The maximum absolute atomic E-state index is 12.3. The summed E-state index contributed by atoms with van der Waals surface area (Å²) in [6.07, 6.45) is 0. The first-order valence-corrected chi connectivity index (χ1v) is 7.70. The zero-order valence-corrected chi connectivity index (χ0v) is 12.7. The molecule has 2 nitrogen and oxygen atoms in total. The van der Waals surface area contributed by atoms with Crippen LogP contribution in [0.25, 0.3) is 0 Å². The minimum absolute atomic E-state index is 0.0763. The van der Waals surface area contributed by atoms with Crippen molar-refractivity contribution >= 4 is 35.0 Å². The number of rotatable bonds is 5. The third kappa shape index (κ3) is 4.29. The predicted octanol–water partition coefficient (Wildman–Crippen LogP) is 4.41. The number of alkyl halides is 1. The molecule has 0 aliphatic heterocycles. The molecule has 0 radical (unpaired) electrons. The highest BCUT2D eigenvalue weighted by atomic mass is 35.5. The zero-order valence-electron chi connectivity index (χ0n) is 11.1. The third-order valence-corrected chi connectivity index (χ3v) is 4.55. The number of hydrogen-bond acceptors (Lipinski definition) is 2. The predicted molar refractivity (Wildman–Crippen MR) is 86.5 cm³/mol. The van der Waals surface area contributed by atoms with Crippen LogP contribution >= 0.6 is 23.4 Å². The maximum Gasteiger partial charge on any atom is 0.239 e. The van der Waals surface area contributed by atoms with Gasteiger partial charge in [-0.2, -0.15) is 0 Å². The molecule has 0 aliphatic carbocycles. The molecule has 2 aromatic carbocycles. The number of halogens is 1. The van der Waals surface area contributed by atoms with Crippen LogP contribution in [0.1, 0.15) is 6.92 Å². The zero-order chi connectivity index (χ0) is 14.4. The molecular weight excluding hydrogens is 290 g/mol. The lowest BCUT2D eigenvalue weighted by Crippen LogP contribution is -2.31. The summed E-state index contributed by atoms with van der Waals surface area (Å²) >= 11 is 7.65. The average Bonchev–Trinajstić information content (AvgIpc) is 2.46. The Hall–Kier alpha value is -1.45. The summed E-state index contributed by atoms with van der Waals surface area (Å²) in [5.41, 5.74) is 0.786. The molecule has 0 fully saturated rings. The molecule has 0 heterocycles. The van der Waals surface area contributed by atoms with E-state index < -0.39 is 0 Å². The van der Waals surface area contributed by atoms with Crippen LogP contribution in [-0.2, 0) is 4.79 Å². The Bertz CT molecular complexity index is 545. The van der Waals surface area contributed by atoms with Gasteiger partial charge in [0.05, 0.1) is 5.38 Å². The lowest BCUT2D eigenvalue weighted by molar-refractivity contribution is -0.115. The molecule has 20 heavy (non-hydrogen) atoms. The molecule has 2 rings (SSSR count). The van der Waals surface area contributed by atoms with Gasteiger partial charge in [0.25, 0.3) is 0 Å². The highest BCUT2D eigenvalue weighted by molar-refractivity contribution is 8.00. The van der Waals surface area contributed by atoms with Gasteiger partial charge in [-0.25, -0.2) is 0 Å². The first-order chi connectivity index (χ1) is 9.66. The monoisotopic (exact) mass is 305 g/mol. The number of carbonyl (C=O) groups is 1. The van der Waals surface area contributed by atoms with Crippen LogP contribution in [-0.4, -0.2) is 16.5 Å². The number of amides is 1. The second kappa shape index (κ2) is 7.36. The lowest BCUT2D eigenvalue weighted by atomic mass is 10.2. The maximum atomic E-state index is 12.3. The summed E-state index contributed by atoms with van der Waals surface area (Å²) in [4.78, 5) is 13.4. The van der Waals surface area contributed by atoms with Gasteiger partial charge in [0.1, 0.15) is 5.25 Å². The molecule has 0 aromatic heterocycles. The minimum atomic E-state index is -0.334. The molecule has 1 N–H and O–H groups in total. The van der Waals surface area contributed by atoms with Crippen molar-refractivity contribution in [2.24, 2.45) is 0 Å². The van der Waals surface area contributed by atoms with E-state index in [1.165, 1.54) is 11.8 Å². The van der Waals surface area contributed by atoms with Crippen molar-refractivity contribution in [2.75, 3.05) is 5.32 Å². The number of benzene rings is 2. The van der Waals surface area contributed by atoms with E-state index in [1.807, 2.05) is 67.6 Å². The molecule has 0 spiro atoms. The fraction of sp³-hybridized carbons (Fsp3) is 0.188. The van der Waals surface area contributed by atoms with E-state index in [-0.39, 0.29) is 16.5 Å². The topological polar surface area (TPSA) is 29.1 Å². The summed E-state index contributed by atoms with van der Waals surface area (Å²) in [6, 6.07) is 19.2. The van der Waals surface area contributed by atoms with Crippen molar-refractivity contribution in [3.05, 3.63) is 60.7 Å². The van der Waals surface area contributed by atoms with Gasteiger partial charge in [-0.3, -0.25) is 4.79 Å². The van der Waals surface area contributed by atoms with E-state index >= 15 is 0 Å². The first-order valence-electron chi connectivity index (χ1n) is 6.38. The molecule has 2 atom stereocenters. The van der Waals surface area contributed by atoms with E-state index in [0.717, 1.165) is 10.6 Å². The van der Waals surface area contributed by atoms with Crippen molar-refractivity contribution in [1.82, 2.24) is 0 Å². The average molecular weight is 306 g/mol. The molecule has 2 aromatic rings. The quantitative estimate of drug-likeness (QED) is 0.654. The molecule has 0 unspecified atom stereocenters. The van der Waals surface area contributed by atoms with Crippen molar-refractivity contribution in [3.8, 4) is 0 Å². The number of carbonyl (C=O) groups excluding carboxylic acids is 1. The van der Waals surface area contributed by atoms with Crippen LogP contribution in [0.2, 0.25) is 0 Å². The smallest absolute Gasteiger partial charge is 0.239 e. The van der Waals surface area contributed by atoms with E-state index in [1.54, 1.807) is 0 Å². The summed E-state index contributed by atoms with van der Waals surface area (Å²) in [5, 5.41) is 2.31. The van der Waals surface area contributed by atoms with Gasteiger partial charge in [-0.1, -0.05) is 36.4 Å². The minimum Gasteiger partial charge on any atom is -0.325 e. The fourth-order valence-electron chi connectivity index (χ4n) is 1.74. The number of hydrogen-bond donors (Lipinski definition) is 1. The summed E-state index contributed by atoms with van der Waals surface area (Å²) in [5.74, 6) is -0.0763. The van der Waals surface area contributed by atoms with Crippen LogP contribution < -0.4 is 5.32 Å². The highest BCUT2D eigenvalue weighted by Gasteiger charge is 2.25. The molecular formula is C16H16ClNOS. The van der Waals surface area contributed by atoms with Gasteiger partial charge in [-0.15, -0.1) is 23.4 Å². The number of para-hydroxylation sites is 1. The molecule has 4 heteroatoms. The second-order valence-electron chi connectivity index (χ2n) is 4.38. The van der Waals surface area contributed by atoms with E-state index in [4.69, 9.17) is 11.6 Å². The van der Waals surface area contributed by atoms with Crippen LogP contribution in [0, 0.1) is 0 Å². The van der Waals surface area contributed by atoms with E-state index in [9.17, 15) is 4.79 Å². The molecule has 0 aliphatic rings. The second-order valence-corrected chi connectivity index (χ2v) is 6.29. The van der Waals surface area contributed by atoms with Crippen molar-refractivity contribution in [2.45, 2.75) is 22.4 Å². The first kappa shape index (κ1) is 14.9. The molecule has 0 saturated heterocycles. The molecule has 0 bridgehead atoms. The lowest BCUT2D eigenvalue weighted by Gasteiger charge is -2.18. The largest absolute Gasteiger partial charge is 0.325 e. The Kier molecular flexibility index (Phi) is 5.50. The van der Waals surface area contributed by atoms with Crippen LogP contribution in [0.5, 0.6) is 0 Å². The van der Waals surface area contributed by atoms with Crippen molar-refractivity contribution < 1.29 is 4.79 Å². The van der Waals surface area contributed by atoms with Gasteiger partial charge in [-0.05, 0) is 31.2 Å². The van der Waals surface area contributed by atoms with Crippen LogP contribution in [0.15, 0.2) is 65.6 Å². The Morgan fingerprint density at radius 3 is 2.15 bits per heavy atom. The van der Waals surface area contributed by atoms with Crippen LogP contribution in [0.4, 0.5) is 5.69 Å². The van der Waals surface area contributed by atoms with Crippen LogP contribution in [0.3, 0.4) is 0 Å². The van der Waals surface area contributed by atoms with Gasteiger partial charge in [0.2, 0.25) is 5.91 Å².